The minimum absolute atomic E-state index is 0.339. The van der Waals surface area contributed by atoms with Crippen molar-refractivity contribution in [3.8, 4) is 0 Å². The van der Waals surface area contributed by atoms with Crippen LogP contribution in [-0.4, -0.2) is 17.0 Å². The first kappa shape index (κ1) is 12.9. The molecule has 1 heterocycles. The number of aromatic nitrogens is 2. The zero-order chi connectivity index (χ0) is 13.0. The fraction of sp³-hybridized carbons (Fsp3) is 0.231. The van der Waals surface area contributed by atoms with Gasteiger partial charge in [-0.3, -0.25) is 0 Å². The van der Waals surface area contributed by atoms with Gasteiger partial charge in [-0.15, -0.1) is 0 Å². The molecule has 0 aliphatic heterocycles. The van der Waals surface area contributed by atoms with Crippen LogP contribution in [0.5, 0.6) is 0 Å². The first-order valence-electron chi connectivity index (χ1n) is 5.58. The average Bonchev–Trinajstić information content (AvgIpc) is 2.34. The molecule has 2 aromatic rings. The van der Waals surface area contributed by atoms with Gasteiger partial charge in [0.15, 0.2) is 0 Å². The molecule has 3 nitrogen and oxygen atoms in total. The predicted molar refractivity (Wildman–Crippen MR) is 69.0 cm³/mol. The third kappa shape index (κ3) is 3.24. The van der Waals surface area contributed by atoms with Crippen molar-refractivity contribution in [3.05, 3.63) is 58.4 Å². The fourth-order valence-electron chi connectivity index (χ4n) is 1.64. The molecule has 0 unspecified atom stereocenters. The number of nitrogens with zero attached hydrogens (tertiary/aromatic N) is 2. The molecule has 18 heavy (non-hydrogen) atoms. The molecule has 1 N–H and O–H groups in total. The summed E-state index contributed by atoms with van der Waals surface area (Å²) >= 11 is 5.97. The summed E-state index contributed by atoms with van der Waals surface area (Å²) in [4.78, 5) is 8.58. The average molecular weight is 266 g/mol. The van der Waals surface area contributed by atoms with Crippen LogP contribution in [0.15, 0.2) is 30.5 Å². The number of hydrogen-bond acceptors (Lipinski definition) is 3. The van der Waals surface area contributed by atoms with E-state index < -0.39 is 0 Å². The SMILES string of the molecule is CNCc1ccnc(Cc2ccc(F)cc2Cl)n1. The first-order chi connectivity index (χ1) is 8.69. The van der Waals surface area contributed by atoms with Crippen molar-refractivity contribution < 1.29 is 4.39 Å². The molecule has 94 valence electrons. The Labute approximate surface area is 110 Å². The van der Waals surface area contributed by atoms with E-state index in [0.717, 1.165) is 11.3 Å². The minimum Gasteiger partial charge on any atom is -0.314 e. The van der Waals surface area contributed by atoms with E-state index in [2.05, 4.69) is 15.3 Å². The van der Waals surface area contributed by atoms with E-state index in [0.29, 0.717) is 23.8 Å². The quantitative estimate of drug-likeness (QED) is 0.923. The summed E-state index contributed by atoms with van der Waals surface area (Å²) in [6.07, 6.45) is 2.21. The van der Waals surface area contributed by atoms with Crippen molar-refractivity contribution in [2.75, 3.05) is 7.05 Å². The molecule has 0 fully saturated rings. The Bertz CT molecular complexity index is 546. The molecule has 2 rings (SSSR count). The molecule has 0 amide bonds. The van der Waals surface area contributed by atoms with Crippen molar-refractivity contribution in [1.82, 2.24) is 15.3 Å². The van der Waals surface area contributed by atoms with E-state index in [-0.39, 0.29) is 5.82 Å². The third-order valence-electron chi connectivity index (χ3n) is 2.48. The summed E-state index contributed by atoms with van der Waals surface area (Å²) in [6, 6.07) is 6.20. The molecule has 1 aromatic carbocycles. The number of nitrogens with one attached hydrogen (secondary N) is 1. The molecule has 0 saturated carbocycles. The minimum atomic E-state index is -0.339. The molecular weight excluding hydrogens is 253 g/mol. The Morgan fingerprint density at radius 3 is 2.89 bits per heavy atom. The lowest BCUT2D eigenvalue weighted by molar-refractivity contribution is 0.627. The van der Waals surface area contributed by atoms with E-state index in [4.69, 9.17) is 11.6 Å². The summed E-state index contributed by atoms with van der Waals surface area (Å²) in [5.74, 6) is 0.338. The van der Waals surface area contributed by atoms with Gasteiger partial charge in [0.05, 0.1) is 5.69 Å². The second-order valence-corrected chi connectivity index (χ2v) is 4.31. The molecule has 0 bridgehead atoms. The van der Waals surface area contributed by atoms with Gasteiger partial charge in [-0.1, -0.05) is 17.7 Å². The van der Waals surface area contributed by atoms with Gasteiger partial charge in [0.1, 0.15) is 11.6 Å². The highest BCUT2D eigenvalue weighted by molar-refractivity contribution is 6.31. The molecule has 0 radical (unpaired) electrons. The highest BCUT2D eigenvalue weighted by atomic mass is 35.5. The van der Waals surface area contributed by atoms with Crippen LogP contribution in [0, 0.1) is 5.82 Å². The van der Waals surface area contributed by atoms with Gasteiger partial charge in [-0.05, 0) is 30.8 Å². The second kappa shape index (κ2) is 5.89. The van der Waals surface area contributed by atoms with Crippen LogP contribution in [0.3, 0.4) is 0 Å². The van der Waals surface area contributed by atoms with Crippen LogP contribution in [0.4, 0.5) is 4.39 Å². The Balaban J connectivity index is 2.20. The van der Waals surface area contributed by atoms with E-state index in [1.54, 1.807) is 12.3 Å². The van der Waals surface area contributed by atoms with Crippen molar-refractivity contribution in [3.63, 3.8) is 0 Å². The zero-order valence-electron chi connectivity index (χ0n) is 9.95. The summed E-state index contributed by atoms with van der Waals surface area (Å²) in [7, 11) is 1.86. The van der Waals surface area contributed by atoms with Crippen molar-refractivity contribution in [1.29, 1.82) is 0 Å². The summed E-state index contributed by atoms with van der Waals surface area (Å²) in [6.45, 7) is 0.687. The lowest BCUT2D eigenvalue weighted by Crippen LogP contribution is -2.09. The fourth-order valence-corrected chi connectivity index (χ4v) is 1.88. The summed E-state index contributed by atoms with van der Waals surface area (Å²) < 4.78 is 12.9. The molecule has 0 aliphatic rings. The Morgan fingerprint density at radius 1 is 1.33 bits per heavy atom. The number of rotatable bonds is 4. The molecule has 0 spiro atoms. The standard InChI is InChI=1S/C13H13ClFN3/c1-16-8-11-4-5-17-13(18-11)6-9-2-3-10(15)7-12(9)14/h2-5,7,16H,6,8H2,1H3. The van der Waals surface area contributed by atoms with Crippen molar-refractivity contribution in [2.24, 2.45) is 0 Å². The first-order valence-corrected chi connectivity index (χ1v) is 5.96. The Morgan fingerprint density at radius 2 is 2.17 bits per heavy atom. The molecular formula is C13H13ClFN3. The Kier molecular flexibility index (Phi) is 4.23. The van der Waals surface area contributed by atoms with Gasteiger partial charge >= 0.3 is 0 Å². The summed E-state index contributed by atoms with van der Waals surface area (Å²) in [5.41, 5.74) is 1.74. The van der Waals surface area contributed by atoms with E-state index >= 15 is 0 Å². The predicted octanol–water partition coefficient (Wildman–Crippen LogP) is 2.58. The monoisotopic (exact) mass is 265 g/mol. The zero-order valence-corrected chi connectivity index (χ0v) is 10.7. The normalized spacial score (nSPS) is 10.6. The van der Waals surface area contributed by atoms with Gasteiger partial charge in [-0.25, -0.2) is 14.4 Å². The van der Waals surface area contributed by atoms with Gasteiger partial charge in [0.2, 0.25) is 0 Å². The van der Waals surface area contributed by atoms with Crippen LogP contribution in [0.1, 0.15) is 17.1 Å². The van der Waals surface area contributed by atoms with Crippen LogP contribution in [0.25, 0.3) is 0 Å². The van der Waals surface area contributed by atoms with Crippen molar-refractivity contribution >= 4 is 11.6 Å². The third-order valence-corrected chi connectivity index (χ3v) is 2.84. The van der Waals surface area contributed by atoms with E-state index in [1.165, 1.54) is 12.1 Å². The molecule has 5 heteroatoms. The second-order valence-electron chi connectivity index (χ2n) is 3.91. The van der Waals surface area contributed by atoms with Gasteiger partial charge in [0, 0.05) is 24.2 Å². The highest BCUT2D eigenvalue weighted by Gasteiger charge is 2.06. The molecule has 0 saturated heterocycles. The van der Waals surface area contributed by atoms with Crippen LogP contribution < -0.4 is 5.32 Å². The van der Waals surface area contributed by atoms with E-state index in [1.807, 2.05) is 13.1 Å². The van der Waals surface area contributed by atoms with Gasteiger partial charge in [-0.2, -0.15) is 0 Å². The maximum absolute atomic E-state index is 12.9. The highest BCUT2D eigenvalue weighted by Crippen LogP contribution is 2.19. The van der Waals surface area contributed by atoms with Crippen LogP contribution >= 0.6 is 11.6 Å². The maximum Gasteiger partial charge on any atom is 0.133 e. The number of hydrogen-bond donors (Lipinski definition) is 1. The lowest BCUT2D eigenvalue weighted by atomic mass is 10.1. The Hall–Kier alpha value is -1.52. The number of benzene rings is 1. The van der Waals surface area contributed by atoms with E-state index in [9.17, 15) is 4.39 Å². The lowest BCUT2D eigenvalue weighted by Gasteiger charge is -2.05. The molecule has 0 aliphatic carbocycles. The molecule has 1 aromatic heterocycles. The number of halogens is 2. The smallest absolute Gasteiger partial charge is 0.133 e. The van der Waals surface area contributed by atoms with Crippen molar-refractivity contribution in [2.45, 2.75) is 13.0 Å². The van der Waals surface area contributed by atoms with Gasteiger partial charge in [0.25, 0.3) is 0 Å². The van der Waals surface area contributed by atoms with Gasteiger partial charge < -0.3 is 5.32 Å². The van der Waals surface area contributed by atoms with Crippen LogP contribution in [0.2, 0.25) is 5.02 Å². The van der Waals surface area contributed by atoms with Crippen LogP contribution in [-0.2, 0) is 13.0 Å². The maximum atomic E-state index is 12.9. The largest absolute Gasteiger partial charge is 0.314 e. The summed E-state index contributed by atoms with van der Waals surface area (Å²) in [5, 5.41) is 3.43. The topological polar surface area (TPSA) is 37.8 Å². The molecule has 0 atom stereocenters.